The highest BCUT2D eigenvalue weighted by Gasteiger charge is 2.23. The number of hydrogen-bond donors (Lipinski definition) is 2. The van der Waals surface area contributed by atoms with Gasteiger partial charge in [-0.25, -0.2) is 19.5 Å². The lowest BCUT2D eigenvalue weighted by Crippen LogP contribution is -2.41. The zero-order valence-corrected chi connectivity index (χ0v) is 26.7. The van der Waals surface area contributed by atoms with Gasteiger partial charge in [-0.05, 0) is 84.2 Å². The van der Waals surface area contributed by atoms with Crippen molar-refractivity contribution in [2.45, 2.75) is 45.3 Å². The third-order valence-corrected chi connectivity index (χ3v) is 8.43. The molecule has 12 heteroatoms. The van der Waals surface area contributed by atoms with Crippen molar-refractivity contribution in [3.05, 3.63) is 65.4 Å². The van der Waals surface area contributed by atoms with E-state index in [1.54, 1.807) is 0 Å². The van der Waals surface area contributed by atoms with Crippen molar-refractivity contribution in [1.29, 1.82) is 5.26 Å². The number of aromatic nitrogens is 5. The molecule has 12 nitrogen and oxygen atoms in total. The number of hydrogen-bond acceptors (Lipinski definition) is 11. The smallest absolute Gasteiger partial charge is 0.173 e. The number of rotatable bonds is 11. The lowest BCUT2D eigenvalue weighted by molar-refractivity contribution is 0.249. The molecule has 4 aromatic rings. The van der Waals surface area contributed by atoms with Gasteiger partial charge in [-0.15, -0.1) is 0 Å². The predicted molar refractivity (Wildman–Crippen MR) is 176 cm³/mol. The van der Waals surface area contributed by atoms with E-state index >= 15 is 0 Å². The molecular weight excluding hydrogens is 552 g/mol. The van der Waals surface area contributed by atoms with E-state index in [1.165, 1.54) is 30.4 Å². The summed E-state index contributed by atoms with van der Waals surface area (Å²) < 4.78 is 1.90. The summed E-state index contributed by atoms with van der Waals surface area (Å²) in [7, 11) is 8.53. The van der Waals surface area contributed by atoms with Gasteiger partial charge in [0.15, 0.2) is 11.6 Å². The van der Waals surface area contributed by atoms with Gasteiger partial charge in [-0.1, -0.05) is 12.1 Å². The van der Waals surface area contributed by atoms with Gasteiger partial charge < -0.3 is 30.7 Å². The summed E-state index contributed by atoms with van der Waals surface area (Å²) in [6.45, 7) is 8.55. The van der Waals surface area contributed by atoms with E-state index in [0.29, 0.717) is 24.2 Å². The van der Waals surface area contributed by atoms with E-state index < -0.39 is 0 Å². The molecule has 3 aromatic heterocycles. The molecule has 44 heavy (non-hydrogen) atoms. The standard InChI is InChI=1S/C32H44N12/c1-22-11-16-44-28(22)32(38-30(39-44)23(2)37-31-27(19-33)29(34)35-21-36-31)43(18-17-40(3)4)20-24-7-9-26(10-8-24)42-14-12-25(13-15-42)41(5)6/h7-11,16,21,23,25H,12-15,17-18,20H2,1-6H3,(H3,34,35,36,37). The molecule has 0 radical (unpaired) electrons. The summed E-state index contributed by atoms with van der Waals surface area (Å²) in [6.07, 6.45) is 5.68. The van der Waals surface area contributed by atoms with Gasteiger partial charge in [-0.2, -0.15) is 10.4 Å². The Morgan fingerprint density at radius 2 is 1.80 bits per heavy atom. The van der Waals surface area contributed by atoms with E-state index in [9.17, 15) is 5.26 Å². The van der Waals surface area contributed by atoms with Gasteiger partial charge in [0, 0.05) is 50.6 Å². The first-order chi connectivity index (χ1) is 21.1. The summed E-state index contributed by atoms with van der Waals surface area (Å²) in [4.78, 5) is 22.7. The van der Waals surface area contributed by atoms with E-state index in [4.69, 9.17) is 15.8 Å². The maximum absolute atomic E-state index is 9.61. The second-order valence-electron chi connectivity index (χ2n) is 12.1. The Hall–Kier alpha value is -4.47. The Labute approximate surface area is 260 Å². The number of likely N-dealkylation sites (N-methyl/N-ethyl adjacent to an activating group) is 1. The van der Waals surface area contributed by atoms with Gasteiger partial charge in [0.25, 0.3) is 0 Å². The largest absolute Gasteiger partial charge is 0.382 e. The zero-order chi connectivity index (χ0) is 31.4. The van der Waals surface area contributed by atoms with Crippen molar-refractivity contribution in [2.75, 3.05) is 75.2 Å². The highest BCUT2D eigenvalue weighted by Crippen LogP contribution is 2.29. The van der Waals surface area contributed by atoms with Gasteiger partial charge >= 0.3 is 0 Å². The van der Waals surface area contributed by atoms with Crippen LogP contribution in [0, 0.1) is 18.3 Å². The maximum atomic E-state index is 9.61. The average Bonchev–Trinajstić information content (AvgIpc) is 3.39. The van der Waals surface area contributed by atoms with Crippen LogP contribution in [0.15, 0.2) is 42.9 Å². The second kappa shape index (κ2) is 13.4. The molecule has 1 aromatic carbocycles. The number of anilines is 4. The fourth-order valence-electron chi connectivity index (χ4n) is 5.72. The van der Waals surface area contributed by atoms with E-state index in [-0.39, 0.29) is 17.4 Å². The fraction of sp³-hybridized carbons (Fsp3) is 0.469. The molecule has 4 heterocycles. The Morgan fingerprint density at radius 3 is 2.45 bits per heavy atom. The van der Waals surface area contributed by atoms with Gasteiger partial charge in [0.05, 0.1) is 6.04 Å². The van der Waals surface area contributed by atoms with Crippen molar-refractivity contribution in [1.82, 2.24) is 34.4 Å². The summed E-state index contributed by atoms with van der Waals surface area (Å²) in [5, 5.41) is 17.7. The number of nitrogens with one attached hydrogen (secondary N) is 1. The number of nitrogens with zero attached hydrogens (tertiary/aromatic N) is 10. The predicted octanol–water partition coefficient (Wildman–Crippen LogP) is 3.55. The molecule has 1 atom stereocenters. The molecule has 1 saturated heterocycles. The lowest BCUT2D eigenvalue weighted by Gasteiger charge is -2.36. The summed E-state index contributed by atoms with van der Waals surface area (Å²) >= 11 is 0. The van der Waals surface area contributed by atoms with Crippen LogP contribution in [0.3, 0.4) is 0 Å². The number of benzene rings is 1. The van der Waals surface area contributed by atoms with Crippen LogP contribution in [-0.4, -0.2) is 94.8 Å². The minimum atomic E-state index is -0.353. The quantitative estimate of drug-likeness (QED) is 0.264. The lowest BCUT2D eigenvalue weighted by atomic mass is 10.0. The maximum Gasteiger partial charge on any atom is 0.173 e. The van der Waals surface area contributed by atoms with Gasteiger partial charge in [-0.3, -0.25) is 0 Å². The molecule has 0 saturated carbocycles. The number of aryl methyl sites for hydroxylation is 1. The highest BCUT2D eigenvalue weighted by atomic mass is 15.3. The summed E-state index contributed by atoms with van der Waals surface area (Å²) in [5.74, 6) is 1.94. The molecular formula is C32H44N12. The van der Waals surface area contributed by atoms with Crippen molar-refractivity contribution < 1.29 is 0 Å². The van der Waals surface area contributed by atoms with Crippen molar-refractivity contribution in [3.8, 4) is 6.07 Å². The Bertz CT molecular complexity index is 1600. The van der Waals surface area contributed by atoms with Crippen LogP contribution >= 0.6 is 0 Å². The summed E-state index contributed by atoms with van der Waals surface area (Å²) in [5.41, 5.74) is 10.7. The zero-order valence-electron chi connectivity index (χ0n) is 26.7. The Balaban J connectivity index is 1.43. The van der Waals surface area contributed by atoms with Crippen LogP contribution in [0.1, 0.15) is 48.3 Å². The van der Waals surface area contributed by atoms with E-state index in [1.807, 2.05) is 17.6 Å². The normalized spacial score (nSPS) is 14.8. The number of nitrogen functional groups attached to an aromatic ring is 1. The van der Waals surface area contributed by atoms with Crippen LogP contribution in [0.2, 0.25) is 0 Å². The molecule has 3 N–H and O–H groups in total. The molecule has 0 spiro atoms. The second-order valence-corrected chi connectivity index (χ2v) is 12.1. The number of piperidine rings is 1. The molecule has 0 bridgehead atoms. The molecule has 1 fully saturated rings. The molecule has 0 amide bonds. The highest BCUT2D eigenvalue weighted by molar-refractivity contribution is 5.73. The monoisotopic (exact) mass is 596 g/mol. The number of fused-ring (bicyclic) bond motifs is 1. The van der Waals surface area contributed by atoms with E-state index in [0.717, 1.165) is 43.1 Å². The number of nitrogens with two attached hydrogens (primary N) is 1. The Kier molecular flexibility index (Phi) is 9.46. The molecule has 1 aliphatic rings. The van der Waals surface area contributed by atoms with Gasteiger partial charge in [0.2, 0.25) is 0 Å². The average molecular weight is 597 g/mol. The Morgan fingerprint density at radius 1 is 1.07 bits per heavy atom. The number of nitriles is 1. The topological polar surface area (TPSA) is 131 Å². The van der Waals surface area contributed by atoms with Crippen LogP contribution in [0.5, 0.6) is 0 Å². The fourth-order valence-corrected chi connectivity index (χ4v) is 5.72. The van der Waals surface area contributed by atoms with Crippen LogP contribution in [0.25, 0.3) is 5.52 Å². The minimum absolute atomic E-state index is 0.134. The first-order valence-electron chi connectivity index (χ1n) is 15.2. The van der Waals surface area contributed by atoms with Crippen LogP contribution in [0.4, 0.5) is 23.1 Å². The van der Waals surface area contributed by atoms with Crippen LogP contribution in [-0.2, 0) is 6.54 Å². The van der Waals surface area contributed by atoms with E-state index in [2.05, 4.69) is 106 Å². The van der Waals surface area contributed by atoms with Crippen molar-refractivity contribution in [2.24, 2.45) is 0 Å². The third kappa shape index (κ3) is 6.85. The van der Waals surface area contributed by atoms with Crippen molar-refractivity contribution in [3.63, 3.8) is 0 Å². The molecule has 1 unspecified atom stereocenters. The first-order valence-corrected chi connectivity index (χ1v) is 15.2. The molecule has 232 valence electrons. The molecule has 5 rings (SSSR count). The molecule has 0 aliphatic carbocycles. The molecule has 1 aliphatic heterocycles. The van der Waals surface area contributed by atoms with Crippen molar-refractivity contribution >= 4 is 28.7 Å². The van der Waals surface area contributed by atoms with Gasteiger partial charge in [0.1, 0.15) is 35.1 Å². The minimum Gasteiger partial charge on any atom is -0.382 e. The third-order valence-electron chi connectivity index (χ3n) is 8.43. The van der Waals surface area contributed by atoms with Crippen LogP contribution < -0.4 is 20.9 Å². The first kappa shape index (κ1) is 31.0. The SMILES string of the molecule is Cc1ccn2nc(C(C)Nc3ncnc(N)c3C#N)nc(N(CCN(C)C)Cc3ccc(N4CCC(N(C)C)CC4)cc3)c12. The summed E-state index contributed by atoms with van der Waals surface area (Å²) in [6, 6.07) is 13.5.